The van der Waals surface area contributed by atoms with Crippen molar-refractivity contribution in [3.05, 3.63) is 34.3 Å². The highest BCUT2D eigenvalue weighted by molar-refractivity contribution is 9.10. The Morgan fingerprint density at radius 2 is 2.16 bits per heavy atom. The SMILES string of the molecule is CCC(NCC1CCCCC1O)c1cccc(Br)c1. The van der Waals surface area contributed by atoms with Crippen molar-refractivity contribution >= 4 is 15.9 Å². The number of nitrogens with one attached hydrogen (secondary N) is 1. The van der Waals surface area contributed by atoms with E-state index in [-0.39, 0.29) is 6.10 Å². The van der Waals surface area contributed by atoms with E-state index >= 15 is 0 Å². The van der Waals surface area contributed by atoms with Gasteiger partial charge in [0.15, 0.2) is 0 Å². The molecule has 0 spiro atoms. The van der Waals surface area contributed by atoms with Gasteiger partial charge >= 0.3 is 0 Å². The maximum atomic E-state index is 10.0. The largest absolute Gasteiger partial charge is 0.393 e. The topological polar surface area (TPSA) is 32.3 Å². The van der Waals surface area contributed by atoms with Crippen molar-refractivity contribution in [3.63, 3.8) is 0 Å². The third kappa shape index (κ3) is 4.30. The minimum Gasteiger partial charge on any atom is -0.393 e. The van der Waals surface area contributed by atoms with E-state index in [1.165, 1.54) is 18.4 Å². The average molecular weight is 326 g/mol. The van der Waals surface area contributed by atoms with Crippen molar-refractivity contribution in [1.29, 1.82) is 0 Å². The Labute approximate surface area is 124 Å². The summed E-state index contributed by atoms with van der Waals surface area (Å²) in [6.07, 6.45) is 5.53. The Morgan fingerprint density at radius 3 is 2.84 bits per heavy atom. The molecule has 3 heteroatoms. The van der Waals surface area contributed by atoms with Gasteiger partial charge in [-0.1, -0.05) is 47.8 Å². The van der Waals surface area contributed by atoms with Crippen molar-refractivity contribution < 1.29 is 5.11 Å². The molecule has 0 amide bonds. The molecule has 1 aromatic rings. The summed E-state index contributed by atoms with van der Waals surface area (Å²) in [7, 11) is 0. The van der Waals surface area contributed by atoms with Crippen LogP contribution in [0.1, 0.15) is 50.6 Å². The maximum absolute atomic E-state index is 10.0. The molecule has 3 atom stereocenters. The second-order valence-corrected chi connectivity index (χ2v) is 6.45. The lowest BCUT2D eigenvalue weighted by Gasteiger charge is -2.29. The number of hydrogen-bond donors (Lipinski definition) is 2. The minimum absolute atomic E-state index is 0.110. The van der Waals surface area contributed by atoms with Crippen LogP contribution in [0.15, 0.2) is 28.7 Å². The second-order valence-electron chi connectivity index (χ2n) is 5.54. The van der Waals surface area contributed by atoms with Crippen molar-refractivity contribution in [1.82, 2.24) is 5.32 Å². The van der Waals surface area contributed by atoms with Gasteiger partial charge in [-0.3, -0.25) is 0 Å². The van der Waals surface area contributed by atoms with Gasteiger partial charge in [-0.25, -0.2) is 0 Å². The zero-order valence-electron chi connectivity index (χ0n) is 11.6. The Morgan fingerprint density at radius 1 is 1.37 bits per heavy atom. The fourth-order valence-corrected chi connectivity index (χ4v) is 3.36. The number of aliphatic hydroxyl groups is 1. The molecule has 1 saturated carbocycles. The highest BCUT2D eigenvalue weighted by atomic mass is 79.9. The Balaban J connectivity index is 1.92. The van der Waals surface area contributed by atoms with E-state index in [9.17, 15) is 5.11 Å². The summed E-state index contributed by atoms with van der Waals surface area (Å²) in [6, 6.07) is 8.87. The van der Waals surface area contributed by atoms with Crippen molar-refractivity contribution in [3.8, 4) is 0 Å². The van der Waals surface area contributed by atoms with E-state index in [1.54, 1.807) is 0 Å². The molecule has 1 aliphatic carbocycles. The number of aliphatic hydroxyl groups excluding tert-OH is 1. The molecule has 1 fully saturated rings. The lowest BCUT2D eigenvalue weighted by Crippen LogP contribution is -2.35. The van der Waals surface area contributed by atoms with Gasteiger partial charge in [-0.05, 0) is 42.9 Å². The molecule has 0 saturated heterocycles. The van der Waals surface area contributed by atoms with Crippen LogP contribution >= 0.6 is 15.9 Å². The number of benzene rings is 1. The fraction of sp³-hybridized carbons (Fsp3) is 0.625. The van der Waals surface area contributed by atoms with Gasteiger partial charge in [-0.15, -0.1) is 0 Å². The summed E-state index contributed by atoms with van der Waals surface area (Å²) >= 11 is 3.53. The van der Waals surface area contributed by atoms with Gasteiger partial charge in [0.05, 0.1) is 6.10 Å². The van der Waals surface area contributed by atoms with Gasteiger partial charge in [0.1, 0.15) is 0 Å². The van der Waals surface area contributed by atoms with E-state index in [2.05, 4.69) is 52.4 Å². The highest BCUT2D eigenvalue weighted by Crippen LogP contribution is 2.26. The number of halogens is 1. The van der Waals surface area contributed by atoms with Crippen LogP contribution in [-0.4, -0.2) is 17.8 Å². The van der Waals surface area contributed by atoms with Crippen LogP contribution in [0.4, 0.5) is 0 Å². The zero-order valence-corrected chi connectivity index (χ0v) is 13.2. The number of rotatable bonds is 5. The molecule has 1 aromatic carbocycles. The second kappa shape index (κ2) is 7.41. The molecule has 3 unspecified atom stereocenters. The maximum Gasteiger partial charge on any atom is 0.0580 e. The van der Waals surface area contributed by atoms with Crippen molar-refractivity contribution in [2.24, 2.45) is 5.92 Å². The Bertz CT molecular complexity index is 396. The van der Waals surface area contributed by atoms with Crippen LogP contribution in [0, 0.1) is 5.92 Å². The van der Waals surface area contributed by atoms with Crippen LogP contribution in [0.5, 0.6) is 0 Å². The van der Waals surface area contributed by atoms with Crippen LogP contribution < -0.4 is 5.32 Å². The Kier molecular flexibility index (Phi) is 5.86. The monoisotopic (exact) mass is 325 g/mol. The molecule has 19 heavy (non-hydrogen) atoms. The molecule has 1 aliphatic rings. The standard InChI is InChI=1S/C16H24BrNO/c1-2-15(12-7-5-8-14(17)10-12)18-11-13-6-3-4-9-16(13)19/h5,7-8,10,13,15-16,18-19H,2-4,6,9,11H2,1H3. The summed E-state index contributed by atoms with van der Waals surface area (Å²) in [4.78, 5) is 0. The first kappa shape index (κ1) is 15.0. The summed E-state index contributed by atoms with van der Waals surface area (Å²) in [5, 5.41) is 13.7. The van der Waals surface area contributed by atoms with Crippen LogP contribution in [-0.2, 0) is 0 Å². The summed E-state index contributed by atoms with van der Waals surface area (Å²) in [5.41, 5.74) is 1.32. The van der Waals surface area contributed by atoms with E-state index in [0.29, 0.717) is 12.0 Å². The summed E-state index contributed by atoms with van der Waals surface area (Å²) < 4.78 is 1.13. The first-order valence-corrected chi connectivity index (χ1v) is 8.17. The van der Waals surface area contributed by atoms with Crippen molar-refractivity contribution in [2.75, 3.05) is 6.54 Å². The van der Waals surface area contributed by atoms with E-state index in [4.69, 9.17) is 0 Å². The smallest absolute Gasteiger partial charge is 0.0580 e. The molecule has 0 heterocycles. The average Bonchev–Trinajstić information content (AvgIpc) is 2.41. The van der Waals surface area contributed by atoms with Gasteiger partial charge in [0, 0.05) is 17.1 Å². The summed E-state index contributed by atoms with van der Waals surface area (Å²) in [6.45, 7) is 3.13. The predicted molar refractivity (Wildman–Crippen MR) is 83.1 cm³/mol. The molecule has 2 rings (SSSR count). The van der Waals surface area contributed by atoms with Crippen LogP contribution in [0.25, 0.3) is 0 Å². The first-order valence-electron chi connectivity index (χ1n) is 7.37. The van der Waals surface area contributed by atoms with Gasteiger partial charge in [0.2, 0.25) is 0 Å². The third-order valence-corrected chi connectivity index (χ3v) is 4.65. The molecule has 106 valence electrons. The van der Waals surface area contributed by atoms with E-state index < -0.39 is 0 Å². The third-order valence-electron chi connectivity index (χ3n) is 4.15. The lowest BCUT2D eigenvalue weighted by molar-refractivity contribution is 0.0680. The van der Waals surface area contributed by atoms with E-state index in [1.807, 2.05) is 0 Å². The Hall–Kier alpha value is -0.380. The van der Waals surface area contributed by atoms with E-state index in [0.717, 1.165) is 30.3 Å². The molecule has 2 N–H and O–H groups in total. The van der Waals surface area contributed by atoms with Crippen molar-refractivity contribution in [2.45, 2.75) is 51.2 Å². The molecular weight excluding hydrogens is 302 g/mol. The normalized spacial score (nSPS) is 25.2. The molecular formula is C16H24BrNO. The molecule has 2 nitrogen and oxygen atoms in total. The first-order chi connectivity index (χ1) is 9.20. The molecule has 0 radical (unpaired) electrons. The fourth-order valence-electron chi connectivity index (χ4n) is 2.94. The highest BCUT2D eigenvalue weighted by Gasteiger charge is 2.23. The molecule has 0 bridgehead atoms. The van der Waals surface area contributed by atoms with Gasteiger partial charge < -0.3 is 10.4 Å². The summed E-state index contributed by atoms with van der Waals surface area (Å²) in [5.74, 6) is 0.426. The zero-order chi connectivity index (χ0) is 13.7. The van der Waals surface area contributed by atoms with Crippen LogP contribution in [0.2, 0.25) is 0 Å². The molecule has 0 aromatic heterocycles. The van der Waals surface area contributed by atoms with Gasteiger partial charge in [0.25, 0.3) is 0 Å². The molecule has 0 aliphatic heterocycles. The quantitative estimate of drug-likeness (QED) is 0.856. The lowest BCUT2D eigenvalue weighted by atomic mass is 9.86. The van der Waals surface area contributed by atoms with Gasteiger partial charge in [-0.2, -0.15) is 0 Å². The predicted octanol–water partition coefficient (Wildman–Crippen LogP) is 4.04. The minimum atomic E-state index is -0.110. The number of hydrogen-bond acceptors (Lipinski definition) is 2. The van der Waals surface area contributed by atoms with Crippen LogP contribution in [0.3, 0.4) is 0 Å².